The molecule has 6 heteroatoms. The average molecular weight is 402 g/mol. The van der Waals surface area contributed by atoms with Crippen molar-refractivity contribution in [1.29, 1.82) is 0 Å². The first-order chi connectivity index (χ1) is 13.9. The predicted octanol–water partition coefficient (Wildman–Crippen LogP) is 3.38. The van der Waals surface area contributed by atoms with E-state index in [0.717, 1.165) is 31.2 Å². The lowest BCUT2D eigenvalue weighted by molar-refractivity contribution is -0.134. The minimum Gasteiger partial charge on any atom is -0.375 e. The van der Waals surface area contributed by atoms with Crippen LogP contribution in [-0.4, -0.2) is 48.2 Å². The van der Waals surface area contributed by atoms with E-state index in [2.05, 4.69) is 29.7 Å². The Morgan fingerprint density at radius 1 is 1.24 bits per heavy atom. The molecule has 0 bridgehead atoms. The number of rotatable bonds is 5. The highest BCUT2D eigenvalue weighted by Gasteiger charge is 2.41. The second-order valence-corrected chi connectivity index (χ2v) is 8.89. The number of hydrogen-bond acceptors (Lipinski definition) is 3. The van der Waals surface area contributed by atoms with Crippen LogP contribution in [0.25, 0.3) is 0 Å². The number of piperidine rings is 1. The van der Waals surface area contributed by atoms with Crippen molar-refractivity contribution in [3.63, 3.8) is 0 Å². The van der Waals surface area contributed by atoms with Crippen LogP contribution in [0.1, 0.15) is 57.1 Å². The molecule has 2 aliphatic rings. The molecule has 1 aromatic carbocycles. The van der Waals surface area contributed by atoms with Crippen molar-refractivity contribution < 1.29 is 14.3 Å². The number of amides is 3. The van der Waals surface area contributed by atoms with Gasteiger partial charge < -0.3 is 20.3 Å². The lowest BCUT2D eigenvalue weighted by atomic mass is 9.78. The van der Waals surface area contributed by atoms with E-state index in [1.807, 2.05) is 30.9 Å². The number of urea groups is 1. The Kier molecular flexibility index (Phi) is 7.17. The third-order valence-electron chi connectivity index (χ3n) is 6.18. The summed E-state index contributed by atoms with van der Waals surface area (Å²) in [4.78, 5) is 26.6. The molecular weight excluding hydrogens is 366 g/mol. The fraction of sp³-hybridized carbons (Fsp3) is 0.652. The van der Waals surface area contributed by atoms with Crippen LogP contribution in [0.2, 0.25) is 0 Å². The first kappa shape index (κ1) is 21.6. The fourth-order valence-electron chi connectivity index (χ4n) is 4.44. The number of ether oxygens (including phenoxy) is 1. The van der Waals surface area contributed by atoms with E-state index in [0.29, 0.717) is 38.6 Å². The minimum absolute atomic E-state index is 0.0118. The zero-order valence-corrected chi connectivity index (χ0v) is 18.0. The van der Waals surface area contributed by atoms with Gasteiger partial charge in [-0.1, -0.05) is 24.3 Å². The van der Waals surface area contributed by atoms with Crippen LogP contribution >= 0.6 is 0 Å². The normalized spacial score (nSPS) is 21.2. The molecule has 2 saturated heterocycles. The molecule has 2 fully saturated rings. The van der Waals surface area contributed by atoms with Crippen molar-refractivity contribution in [2.75, 3.05) is 19.7 Å². The molecule has 2 N–H and O–H groups in total. The Hall–Kier alpha value is -2.08. The Balaban J connectivity index is 1.46. The highest BCUT2D eigenvalue weighted by Crippen LogP contribution is 2.38. The monoisotopic (exact) mass is 401 g/mol. The first-order valence-electron chi connectivity index (χ1n) is 10.9. The smallest absolute Gasteiger partial charge is 0.317 e. The summed E-state index contributed by atoms with van der Waals surface area (Å²) in [5.41, 5.74) is 2.19. The summed E-state index contributed by atoms with van der Waals surface area (Å²) in [6, 6.07) is 8.30. The average Bonchev–Trinajstić information content (AvgIpc) is 2.67. The number of likely N-dealkylation sites (tertiary alicyclic amines) is 1. The van der Waals surface area contributed by atoms with Gasteiger partial charge >= 0.3 is 6.03 Å². The molecule has 2 aliphatic heterocycles. The summed E-state index contributed by atoms with van der Waals surface area (Å²) in [5, 5.41) is 6.04. The van der Waals surface area contributed by atoms with Crippen molar-refractivity contribution in [3.05, 3.63) is 35.4 Å². The van der Waals surface area contributed by atoms with E-state index in [1.165, 1.54) is 5.56 Å². The van der Waals surface area contributed by atoms with E-state index >= 15 is 0 Å². The van der Waals surface area contributed by atoms with Crippen LogP contribution in [0.3, 0.4) is 0 Å². The van der Waals surface area contributed by atoms with Crippen molar-refractivity contribution in [3.8, 4) is 0 Å². The summed E-state index contributed by atoms with van der Waals surface area (Å²) < 4.78 is 6.18. The van der Waals surface area contributed by atoms with Gasteiger partial charge in [0.05, 0.1) is 5.60 Å². The number of benzene rings is 1. The molecule has 1 atom stereocenters. The summed E-state index contributed by atoms with van der Waals surface area (Å²) >= 11 is 0. The van der Waals surface area contributed by atoms with E-state index in [9.17, 15) is 9.59 Å². The molecule has 3 rings (SSSR count). The van der Waals surface area contributed by atoms with Gasteiger partial charge in [0.25, 0.3) is 0 Å². The lowest BCUT2D eigenvalue weighted by Crippen LogP contribution is -2.53. The van der Waals surface area contributed by atoms with Gasteiger partial charge in [-0.25, -0.2) is 4.79 Å². The standard InChI is InChI=1S/C23H35N3O3/c1-17(2)25-22(28)26-11-9-23(10-12-26)15-19(8-13-29-23)14-21(27)24-16-20-7-5-4-6-18(20)3/h4-7,17,19H,8-16H2,1-3H3,(H,24,27)(H,25,28). The molecule has 1 unspecified atom stereocenters. The number of carbonyl (C=O) groups excluding carboxylic acids is 2. The zero-order valence-electron chi connectivity index (χ0n) is 18.0. The molecule has 1 spiro atoms. The largest absolute Gasteiger partial charge is 0.375 e. The van der Waals surface area contributed by atoms with Gasteiger partial charge in [0.2, 0.25) is 5.91 Å². The Morgan fingerprint density at radius 3 is 2.66 bits per heavy atom. The molecule has 0 radical (unpaired) electrons. The van der Waals surface area contributed by atoms with E-state index in [4.69, 9.17) is 4.74 Å². The van der Waals surface area contributed by atoms with Crippen LogP contribution in [0, 0.1) is 12.8 Å². The van der Waals surface area contributed by atoms with Crippen LogP contribution in [0.4, 0.5) is 4.79 Å². The maximum atomic E-state index is 12.5. The van der Waals surface area contributed by atoms with Crippen molar-refractivity contribution in [2.24, 2.45) is 5.92 Å². The molecule has 160 valence electrons. The fourth-order valence-corrected chi connectivity index (χ4v) is 4.44. The van der Waals surface area contributed by atoms with E-state index in [-0.39, 0.29) is 23.6 Å². The molecule has 0 aliphatic carbocycles. The molecule has 6 nitrogen and oxygen atoms in total. The van der Waals surface area contributed by atoms with Gasteiger partial charge in [-0.05, 0) is 63.5 Å². The Labute approximate surface area is 174 Å². The van der Waals surface area contributed by atoms with Crippen LogP contribution in [0.15, 0.2) is 24.3 Å². The number of nitrogens with one attached hydrogen (secondary N) is 2. The molecule has 0 aromatic heterocycles. The number of hydrogen-bond donors (Lipinski definition) is 2. The van der Waals surface area contributed by atoms with Crippen LogP contribution in [0.5, 0.6) is 0 Å². The third kappa shape index (κ3) is 5.95. The second-order valence-electron chi connectivity index (χ2n) is 8.89. The van der Waals surface area contributed by atoms with Crippen molar-refractivity contribution in [1.82, 2.24) is 15.5 Å². The molecular formula is C23H35N3O3. The minimum atomic E-state index is -0.173. The molecule has 0 saturated carbocycles. The van der Waals surface area contributed by atoms with Crippen molar-refractivity contribution >= 4 is 11.9 Å². The van der Waals surface area contributed by atoms with Crippen molar-refractivity contribution in [2.45, 2.75) is 71.1 Å². The quantitative estimate of drug-likeness (QED) is 0.795. The van der Waals surface area contributed by atoms with Crippen LogP contribution < -0.4 is 10.6 Å². The summed E-state index contributed by atoms with van der Waals surface area (Å²) in [7, 11) is 0. The maximum absolute atomic E-state index is 12.5. The van der Waals surface area contributed by atoms with E-state index < -0.39 is 0 Å². The SMILES string of the molecule is Cc1ccccc1CNC(=O)CC1CCOC2(CCN(C(=O)NC(C)C)CC2)C1. The second kappa shape index (κ2) is 9.61. The summed E-state index contributed by atoms with van der Waals surface area (Å²) in [6.45, 7) is 8.73. The summed E-state index contributed by atoms with van der Waals surface area (Å²) in [5.74, 6) is 0.459. The highest BCUT2D eigenvalue weighted by molar-refractivity contribution is 5.76. The molecule has 29 heavy (non-hydrogen) atoms. The Bertz CT molecular complexity index is 711. The topological polar surface area (TPSA) is 70.7 Å². The maximum Gasteiger partial charge on any atom is 0.317 e. The number of carbonyl (C=O) groups is 2. The first-order valence-corrected chi connectivity index (χ1v) is 10.9. The predicted molar refractivity (Wildman–Crippen MR) is 114 cm³/mol. The van der Waals surface area contributed by atoms with Gasteiger partial charge in [0.1, 0.15) is 0 Å². The van der Waals surface area contributed by atoms with E-state index in [1.54, 1.807) is 0 Å². The van der Waals surface area contributed by atoms with Gasteiger partial charge in [-0.15, -0.1) is 0 Å². The summed E-state index contributed by atoms with van der Waals surface area (Å²) in [6.07, 6.45) is 4.08. The zero-order chi connectivity index (χ0) is 20.9. The Morgan fingerprint density at radius 2 is 1.97 bits per heavy atom. The molecule has 3 amide bonds. The third-order valence-corrected chi connectivity index (χ3v) is 6.18. The molecule has 1 aromatic rings. The molecule has 2 heterocycles. The van der Waals surface area contributed by atoms with Gasteiger partial charge in [0.15, 0.2) is 0 Å². The van der Waals surface area contributed by atoms with Gasteiger partial charge in [-0.3, -0.25) is 4.79 Å². The van der Waals surface area contributed by atoms with Gasteiger partial charge in [0, 0.05) is 38.7 Å². The highest BCUT2D eigenvalue weighted by atomic mass is 16.5. The van der Waals surface area contributed by atoms with Gasteiger partial charge in [-0.2, -0.15) is 0 Å². The lowest BCUT2D eigenvalue weighted by Gasteiger charge is -2.46. The van der Waals surface area contributed by atoms with Crippen LogP contribution in [-0.2, 0) is 16.1 Å². The number of aryl methyl sites for hydroxylation is 1. The number of nitrogens with zero attached hydrogens (tertiary/aromatic N) is 1.